The van der Waals surface area contributed by atoms with Gasteiger partial charge >= 0.3 is 0 Å². The monoisotopic (exact) mass is 343 g/mol. The van der Waals surface area contributed by atoms with Gasteiger partial charge in [0.15, 0.2) is 0 Å². The standard InChI is InChI=1S/C21H25F2N2/c1-2-15-4-3-5-17(10-15)21(7-8-21)25-9-6-20(24)13-16-11-18(22)14-19(23)12-16/h3-5,10-14,20,25H,2,6-9,24H2,1H3/t20-/m1/s1. The van der Waals surface area contributed by atoms with E-state index in [1.165, 1.54) is 23.3 Å². The van der Waals surface area contributed by atoms with Crippen molar-refractivity contribution in [2.75, 3.05) is 6.54 Å². The minimum absolute atomic E-state index is 0.0792. The van der Waals surface area contributed by atoms with Gasteiger partial charge < -0.3 is 11.1 Å². The van der Waals surface area contributed by atoms with E-state index in [1.54, 1.807) is 6.42 Å². The molecule has 0 aromatic heterocycles. The summed E-state index contributed by atoms with van der Waals surface area (Å²) in [6.45, 7) is 2.93. The molecule has 1 atom stereocenters. The quantitative estimate of drug-likeness (QED) is 0.758. The number of hydrogen-bond donors (Lipinski definition) is 2. The zero-order chi connectivity index (χ0) is 17.9. The SMILES string of the molecule is CCc1cccc(C2(NCC[C@@H](N)[CH]c3cc(F)cc(F)c3)CC2)c1. The van der Waals surface area contributed by atoms with Crippen molar-refractivity contribution >= 4 is 0 Å². The normalized spacial score (nSPS) is 16.6. The second-order valence-corrected chi connectivity index (χ2v) is 6.88. The minimum Gasteiger partial charge on any atom is -0.327 e. The molecule has 1 radical (unpaired) electrons. The number of halogens is 2. The molecule has 0 spiro atoms. The van der Waals surface area contributed by atoms with E-state index in [9.17, 15) is 8.78 Å². The highest BCUT2D eigenvalue weighted by molar-refractivity contribution is 5.34. The van der Waals surface area contributed by atoms with E-state index in [0.29, 0.717) is 12.0 Å². The summed E-state index contributed by atoms with van der Waals surface area (Å²) >= 11 is 0. The highest BCUT2D eigenvalue weighted by atomic mass is 19.1. The van der Waals surface area contributed by atoms with Gasteiger partial charge in [0.05, 0.1) is 0 Å². The van der Waals surface area contributed by atoms with Crippen molar-refractivity contribution in [3.63, 3.8) is 0 Å². The lowest BCUT2D eigenvalue weighted by Gasteiger charge is -2.20. The Labute approximate surface area is 148 Å². The summed E-state index contributed by atoms with van der Waals surface area (Å²) in [5, 5.41) is 3.63. The van der Waals surface area contributed by atoms with E-state index in [2.05, 4.69) is 36.5 Å². The van der Waals surface area contributed by atoms with Crippen LogP contribution >= 0.6 is 0 Å². The van der Waals surface area contributed by atoms with Crippen molar-refractivity contribution in [3.05, 3.63) is 77.2 Å². The molecular weight excluding hydrogens is 318 g/mol. The fourth-order valence-electron chi connectivity index (χ4n) is 3.26. The second kappa shape index (κ2) is 7.63. The summed E-state index contributed by atoms with van der Waals surface area (Å²) in [6.07, 6.45) is 5.73. The van der Waals surface area contributed by atoms with E-state index in [1.807, 2.05) is 0 Å². The van der Waals surface area contributed by atoms with E-state index < -0.39 is 11.6 Å². The van der Waals surface area contributed by atoms with Crippen molar-refractivity contribution in [1.29, 1.82) is 0 Å². The van der Waals surface area contributed by atoms with Crippen LogP contribution in [-0.4, -0.2) is 12.6 Å². The fraction of sp³-hybridized carbons (Fsp3) is 0.381. The summed E-state index contributed by atoms with van der Waals surface area (Å²) in [7, 11) is 0. The highest BCUT2D eigenvalue weighted by Gasteiger charge is 2.43. The molecule has 4 heteroatoms. The van der Waals surface area contributed by atoms with E-state index >= 15 is 0 Å². The molecule has 1 aliphatic rings. The first-order valence-corrected chi connectivity index (χ1v) is 8.92. The summed E-state index contributed by atoms with van der Waals surface area (Å²) in [5.74, 6) is -1.16. The largest absolute Gasteiger partial charge is 0.327 e. The van der Waals surface area contributed by atoms with Gasteiger partial charge in [-0.2, -0.15) is 0 Å². The highest BCUT2D eigenvalue weighted by Crippen LogP contribution is 2.45. The molecule has 2 aromatic rings. The Kier molecular flexibility index (Phi) is 5.50. The number of rotatable bonds is 8. The Balaban J connectivity index is 1.52. The lowest BCUT2D eigenvalue weighted by Crippen LogP contribution is -2.34. The van der Waals surface area contributed by atoms with Crippen molar-refractivity contribution in [1.82, 2.24) is 5.32 Å². The summed E-state index contributed by atoms with van der Waals surface area (Å²) < 4.78 is 26.5. The van der Waals surface area contributed by atoms with Crippen molar-refractivity contribution in [2.45, 2.75) is 44.2 Å². The maximum atomic E-state index is 13.2. The smallest absolute Gasteiger partial charge is 0.126 e. The first kappa shape index (κ1) is 18.0. The molecule has 2 nitrogen and oxygen atoms in total. The molecule has 2 aromatic carbocycles. The summed E-state index contributed by atoms with van der Waals surface area (Å²) in [5.41, 5.74) is 9.36. The fourth-order valence-corrected chi connectivity index (χ4v) is 3.26. The predicted octanol–water partition coefficient (Wildman–Crippen LogP) is 4.08. The average Bonchev–Trinajstić information content (AvgIpc) is 3.35. The van der Waals surface area contributed by atoms with Gasteiger partial charge in [-0.3, -0.25) is 0 Å². The van der Waals surface area contributed by atoms with Gasteiger partial charge in [-0.25, -0.2) is 8.78 Å². The Morgan fingerprint density at radius 2 is 1.88 bits per heavy atom. The molecular formula is C21H25F2N2. The van der Waals surface area contributed by atoms with Crippen LogP contribution in [0.3, 0.4) is 0 Å². The lowest BCUT2D eigenvalue weighted by atomic mass is 10.00. The first-order chi connectivity index (χ1) is 12.0. The maximum absolute atomic E-state index is 13.2. The summed E-state index contributed by atoms with van der Waals surface area (Å²) in [4.78, 5) is 0. The molecule has 0 aliphatic heterocycles. The molecule has 0 amide bonds. The van der Waals surface area contributed by atoms with E-state index in [-0.39, 0.29) is 11.6 Å². The van der Waals surface area contributed by atoms with Gasteiger partial charge in [0.25, 0.3) is 0 Å². The molecule has 0 bridgehead atoms. The topological polar surface area (TPSA) is 38.0 Å². The number of nitrogens with one attached hydrogen (secondary N) is 1. The number of hydrogen-bond acceptors (Lipinski definition) is 2. The maximum Gasteiger partial charge on any atom is 0.126 e. The van der Waals surface area contributed by atoms with Crippen LogP contribution < -0.4 is 11.1 Å². The van der Waals surface area contributed by atoms with Gasteiger partial charge in [-0.15, -0.1) is 0 Å². The van der Waals surface area contributed by atoms with Crippen LogP contribution in [0.4, 0.5) is 8.78 Å². The molecule has 1 aliphatic carbocycles. The van der Waals surface area contributed by atoms with Crippen molar-refractivity contribution in [3.8, 4) is 0 Å². The Morgan fingerprint density at radius 1 is 1.16 bits per heavy atom. The van der Waals surface area contributed by atoms with E-state index in [4.69, 9.17) is 5.73 Å². The number of nitrogens with two attached hydrogens (primary N) is 1. The third kappa shape index (κ3) is 4.65. The zero-order valence-corrected chi connectivity index (χ0v) is 14.6. The molecule has 0 heterocycles. The van der Waals surface area contributed by atoms with Gasteiger partial charge in [-0.05, 0) is 61.1 Å². The molecule has 0 unspecified atom stereocenters. The van der Waals surface area contributed by atoms with Crippen LogP contribution in [0.15, 0.2) is 42.5 Å². The van der Waals surface area contributed by atoms with Crippen LogP contribution in [0.2, 0.25) is 0 Å². The average molecular weight is 343 g/mol. The molecule has 133 valence electrons. The molecule has 3 N–H and O–H groups in total. The molecule has 25 heavy (non-hydrogen) atoms. The lowest BCUT2D eigenvalue weighted by molar-refractivity contribution is 0.493. The van der Waals surface area contributed by atoms with Gasteiger partial charge in [0.2, 0.25) is 0 Å². The Hall–Kier alpha value is -1.78. The third-order valence-electron chi connectivity index (χ3n) is 4.87. The van der Waals surface area contributed by atoms with Gasteiger partial charge in [0, 0.05) is 24.1 Å². The Bertz CT molecular complexity index is 705. The van der Waals surface area contributed by atoms with Gasteiger partial charge in [0.1, 0.15) is 11.6 Å². The molecule has 3 rings (SSSR count). The molecule has 0 saturated heterocycles. The van der Waals surface area contributed by atoms with Gasteiger partial charge in [-0.1, -0.05) is 31.2 Å². The zero-order valence-electron chi connectivity index (χ0n) is 14.6. The first-order valence-electron chi connectivity index (χ1n) is 8.92. The van der Waals surface area contributed by atoms with Crippen LogP contribution in [0.25, 0.3) is 0 Å². The second-order valence-electron chi connectivity index (χ2n) is 6.88. The van der Waals surface area contributed by atoms with Crippen LogP contribution in [0.1, 0.15) is 42.9 Å². The Morgan fingerprint density at radius 3 is 2.52 bits per heavy atom. The van der Waals surface area contributed by atoms with Crippen molar-refractivity contribution in [2.24, 2.45) is 5.73 Å². The molecule has 1 fully saturated rings. The number of aryl methyl sites for hydroxylation is 1. The minimum atomic E-state index is -0.579. The van der Waals surface area contributed by atoms with Crippen LogP contribution in [-0.2, 0) is 12.0 Å². The molecule has 1 saturated carbocycles. The predicted molar refractivity (Wildman–Crippen MR) is 97.1 cm³/mol. The number of benzene rings is 2. The van der Waals surface area contributed by atoms with Crippen molar-refractivity contribution < 1.29 is 8.78 Å². The van der Waals surface area contributed by atoms with Crippen LogP contribution in [0.5, 0.6) is 0 Å². The van der Waals surface area contributed by atoms with E-state index in [0.717, 1.165) is 31.9 Å². The third-order valence-corrected chi connectivity index (χ3v) is 4.87. The summed E-state index contributed by atoms with van der Waals surface area (Å²) in [6, 6.07) is 12.0. The van der Waals surface area contributed by atoms with Crippen LogP contribution in [0, 0.1) is 18.1 Å².